The van der Waals surface area contributed by atoms with Crippen molar-refractivity contribution in [3.05, 3.63) is 0 Å². The van der Waals surface area contributed by atoms with Crippen molar-refractivity contribution < 1.29 is 4.74 Å². The highest BCUT2D eigenvalue weighted by Crippen LogP contribution is 2.20. The minimum atomic E-state index is 0. The van der Waals surface area contributed by atoms with E-state index >= 15 is 0 Å². The largest absolute Gasteiger partial charge is 0.373 e. The van der Waals surface area contributed by atoms with Crippen LogP contribution in [-0.4, -0.2) is 73.3 Å². The third-order valence-electron chi connectivity index (χ3n) is 3.95. The molecule has 0 aromatic rings. The third kappa shape index (κ3) is 10.3. The van der Waals surface area contributed by atoms with Crippen LogP contribution in [0.25, 0.3) is 0 Å². The number of rotatable bonds is 8. The fraction of sp³-hybridized carbons (Fsp3) is 0.941. The standard InChI is InChI=1S/C17H36N4OS.HI/c1-7-18-16(20-13-17(4,5)23-6)19-9-8-10-21-11-14(2)22-15(3)12-21;/h14-15H,7-13H2,1-6H3,(H2,18,19,20);1H. The molecule has 24 heavy (non-hydrogen) atoms. The summed E-state index contributed by atoms with van der Waals surface area (Å²) in [5, 5.41) is 6.78. The van der Waals surface area contributed by atoms with Gasteiger partial charge < -0.3 is 15.4 Å². The van der Waals surface area contributed by atoms with Gasteiger partial charge in [0.25, 0.3) is 0 Å². The number of halogens is 1. The number of morpholine rings is 1. The number of ether oxygens (including phenoxy) is 1. The van der Waals surface area contributed by atoms with Crippen molar-refractivity contribution in [1.82, 2.24) is 15.5 Å². The Morgan fingerprint density at radius 1 is 1.25 bits per heavy atom. The van der Waals surface area contributed by atoms with E-state index in [1.54, 1.807) is 0 Å². The molecule has 5 nitrogen and oxygen atoms in total. The lowest BCUT2D eigenvalue weighted by molar-refractivity contribution is -0.0679. The van der Waals surface area contributed by atoms with Crippen molar-refractivity contribution in [2.75, 3.05) is 45.5 Å². The van der Waals surface area contributed by atoms with Gasteiger partial charge in [0.15, 0.2) is 5.96 Å². The molecule has 0 radical (unpaired) electrons. The lowest BCUT2D eigenvalue weighted by atomic mass is 10.2. The van der Waals surface area contributed by atoms with Crippen LogP contribution in [0.5, 0.6) is 0 Å². The van der Waals surface area contributed by atoms with Crippen LogP contribution >= 0.6 is 35.7 Å². The molecule has 7 heteroatoms. The molecule has 2 atom stereocenters. The molecule has 1 fully saturated rings. The third-order valence-corrected chi connectivity index (χ3v) is 5.19. The Kier molecular flexibility index (Phi) is 12.7. The van der Waals surface area contributed by atoms with Crippen LogP contribution in [0.1, 0.15) is 41.0 Å². The molecule has 0 spiro atoms. The van der Waals surface area contributed by atoms with Crippen LogP contribution in [0.3, 0.4) is 0 Å². The van der Waals surface area contributed by atoms with E-state index in [2.05, 4.69) is 56.4 Å². The van der Waals surface area contributed by atoms with Crippen molar-refractivity contribution >= 4 is 41.7 Å². The molecule has 1 aliphatic rings. The predicted octanol–water partition coefficient (Wildman–Crippen LogP) is 2.80. The van der Waals surface area contributed by atoms with Gasteiger partial charge in [-0.15, -0.1) is 24.0 Å². The van der Waals surface area contributed by atoms with E-state index in [-0.39, 0.29) is 28.7 Å². The average Bonchev–Trinajstić information content (AvgIpc) is 2.48. The molecule has 1 aliphatic heterocycles. The van der Waals surface area contributed by atoms with Gasteiger partial charge in [0.2, 0.25) is 0 Å². The second-order valence-corrected chi connectivity index (χ2v) is 8.47. The van der Waals surface area contributed by atoms with E-state index in [0.29, 0.717) is 12.2 Å². The zero-order valence-corrected chi connectivity index (χ0v) is 19.4. The van der Waals surface area contributed by atoms with Crippen molar-refractivity contribution in [1.29, 1.82) is 0 Å². The first kappa shape index (κ1) is 24.3. The summed E-state index contributed by atoms with van der Waals surface area (Å²) in [5.74, 6) is 0.929. The Bertz CT molecular complexity index is 358. The first-order valence-electron chi connectivity index (χ1n) is 8.81. The molecule has 1 saturated heterocycles. The Morgan fingerprint density at radius 2 is 1.88 bits per heavy atom. The molecule has 0 bridgehead atoms. The first-order valence-corrected chi connectivity index (χ1v) is 10.0. The molecule has 1 heterocycles. The Labute approximate surface area is 170 Å². The van der Waals surface area contributed by atoms with Crippen molar-refractivity contribution in [3.8, 4) is 0 Å². The Morgan fingerprint density at radius 3 is 2.42 bits per heavy atom. The van der Waals surface area contributed by atoms with Crippen LogP contribution in [0.15, 0.2) is 4.99 Å². The molecular weight excluding hydrogens is 435 g/mol. The number of thioether (sulfide) groups is 1. The average molecular weight is 472 g/mol. The van der Waals surface area contributed by atoms with Crippen molar-refractivity contribution in [2.24, 2.45) is 4.99 Å². The summed E-state index contributed by atoms with van der Waals surface area (Å²) in [7, 11) is 0. The molecule has 1 rings (SSSR count). The topological polar surface area (TPSA) is 48.9 Å². The number of nitrogens with one attached hydrogen (secondary N) is 2. The highest BCUT2D eigenvalue weighted by molar-refractivity contribution is 14.0. The second-order valence-electron chi connectivity index (χ2n) is 6.96. The highest BCUT2D eigenvalue weighted by atomic mass is 127. The number of hydrogen-bond acceptors (Lipinski definition) is 4. The van der Waals surface area contributed by atoms with Gasteiger partial charge >= 0.3 is 0 Å². The lowest BCUT2D eigenvalue weighted by Crippen LogP contribution is -2.46. The smallest absolute Gasteiger partial charge is 0.191 e. The molecule has 0 aliphatic carbocycles. The van der Waals surface area contributed by atoms with Crippen molar-refractivity contribution in [3.63, 3.8) is 0 Å². The maximum Gasteiger partial charge on any atom is 0.191 e. The normalized spacial score (nSPS) is 22.8. The van der Waals surface area contributed by atoms with Crippen LogP contribution in [0.4, 0.5) is 0 Å². The van der Waals surface area contributed by atoms with Crippen LogP contribution in [0.2, 0.25) is 0 Å². The van der Waals surface area contributed by atoms with E-state index in [1.807, 2.05) is 11.8 Å². The second kappa shape index (κ2) is 12.6. The van der Waals surface area contributed by atoms with E-state index in [1.165, 1.54) is 0 Å². The highest BCUT2D eigenvalue weighted by Gasteiger charge is 2.21. The summed E-state index contributed by atoms with van der Waals surface area (Å²) < 4.78 is 5.96. The Hall–Kier alpha value is 0.270. The molecule has 2 N–H and O–H groups in total. The van der Waals surface area contributed by atoms with Gasteiger partial charge in [-0.1, -0.05) is 0 Å². The van der Waals surface area contributed by atoms with Gasteiger partial charge in [0.1, 0.15) is 0 Å². The van der Waals surface area contributed by atoms with E-state index in [9.17, 15) is 0 Å². The first-order chi connectivity index (χ1) is 10.9. The molecule has 0 aromatic heterocycles. The molecule has 144 valence electrons. The zero-order valence-electron chi connectivity index (χ0n) is 16.2. The van der Waals surface area contributed by atoms with Gasteiger partial charge in [0.05, 0.1) is 18.8 Å². The summed E-state index contributed by atoms with van der Waals surface area (Å²) >= 11 is 1.85. The maximum atomic E-state index is 5.78. The summed E-state index contributed by atoms with van der Waals surface area (Å²) in [5.41, 5.74) is 0. The van der Waals surface area contributed by atoms with Gasteiger partial charge in [0, 0.05) is 37.5 Å². The molecule has 2 unspecified atom stereocenters. The van der Waals surface area contributed by atoms with Crippen LogP contribution in [-0.2, 0) is 4.74 Å². The number of aliphatic imine (C=N–C) groups is 1. The molecule has 0 amide bonds. The minimum absolute atomic E-state index is 0. The van der Waals surface area contributed by atoms with E-state index in [4.69, 9.17) is 9.73 Å². The summed E-state index contributed by atoms with van der Waals surface area (Å²) in [6.07, 6.45) is 3.95. The maximum absolute atomic E-state index is 5.78. The van der Waals surface area contributed by atoms with Gasteiger partial charge in [-0.25, -0.2) is 0 Å². The molecular formula is C17H37IN4OS. The number of nitrogens with zero attached hydrogens (tertiary/aromatic N) is 2. The summed E-state index contributed by atoms with van der Waals surface area (Å²) in [6.45, 7) is 16.7. The van der Waals surface area contributed by atoms with Gasteiger partial charge in [-0.05, 0) is 47.3 Å². The monoisotopic (exact) mass is 472 g/mol. The van der Waals surface area contributed by atoms with Crippen molar-refractivity contribution in [2.45, 2.75) is 58.0 Å². The van der Waals surface area contributed by atoms with Gasteiger partial charge in [-0.3, -0.25) is 9.89 Å². The predicted molar refractivity (Wildman–Crippen MR) is 118 cm³/mol. The van der Waals surface area contributed by atoms with Crippen LogP contribution < -0.4 is 10.6 Å². The van der Waals surface area contributed by atoms with Crippen LogP contribution in [0, 0.1) is 0 Å². The van der Waals surface area contributed by atoms with E-state index in [0.717, 1.165) is 51.6 Å². The SMILES string of the molecule is CCNC(=NCC(C)(C)SC)NCCCN1CC(C)OC(C)C1.I. The number of hydrogen-bond donors (Lipinski definition) is 2. The fourth-order valence-corrected chi connectivity index (χ4v) is 2.85. The number of guanidine groups is 1. The summed E-state index contributed by atoms with van der Waals surface area (Å²) in [6, 6.07) is 0. The van der Waals surface area contributed by atoms with Gasteiger partial charge in [-0.2, -0.15) is 11.8 Å². The lowest BCUT2D eigenvalue weighted by Gasteiger charge is -2.35. The summed E-state index contributed by atoms with van der Waals surface area (Å²) in [4.78, 5) is 7.21. The molecule has 0 saturated carbocycles. The minimum Gasteiger partial charge on any atom is -0.373 e. The fourth-order valence-electron chi connectivity index (χ4n) is 2.65. The Balaban J connectivity index is 0.00000529. The van der Waals surface area contributed by atoms with E-state index < -0.39 is 0 Å². The quantitative estimate of drug-likeness (QED) is 0.246. The molecule has 0 aromatic carbocycles. The zero-order chi connectivity index (χ0) is 17.3.